The van der Waals surface area contributed by atoms with Crippen molar-refractivity contribution in [3.63, 3.8) is 0 Å². The third-order valence-electron chi connectivity index (χ3n) is 7.90. The van der Waals surface area contributed by atoms with Gasteiger partial charge in [-0.1, -0.05) is 30.3 Å². The molecule has 0 unspecified atom stereocenters. The van der Waals surface area contributed by atoms with Gasteiger partial charge >= 0.3 is 0 Å². The molecule has 1 aliphatic rings. The first-order chi connectivity index (χ1) is 21.4. The zero-order valence-corrected chi connectivity index (χ0v) is 23.6. The number of nitrogens with one attached hydrogen (secondary N) is 1. The summed E-state index contributed by atoms with van der Waals surface area (Å²) in [5.41, 5.74) is 1.22. The minimum absolute atomic E-state index is 0.0222. The van der Waals surface area contributed by atoms with Crippen LogP contribution in [0.2, 0.25) is 0 Å². The van der Waals surface area contributed by atoms with Crippen LogP contribution in [0.5, 0.6) is 0 Å². The molecule has 1 aliphatic heterocycles. The molecule has 44 heavy (non-hydrogen) atoms. The van der Waals surface area contributed by atoms with Gasteiger partial charge in [0.15, 0.2) is 11.5 Å². The molecule has 220 valence electrons. The van der Waals surface area contributed by atoms with Gasteiger partial charge in [0.2, 0.25) is 5.95 Å². The second kappa shape index (κ2) is 10.8. The lowest BCUT2D eigenvalue weighted by molar-refractivity contribution is 0.0741. The van der Waals surface area contributed by atoms with Crippen LogP contribution in [-0.2, 0) is 13.5 Å². The monoisotopic (exact) mass is 591 g/mol. The van der Waals surface area contributed by atoms with Crippen LogP contribution in [0.1, 0.15) is 21.6 Å². The zero-order valence-electron chi connectivity index (χ0n) is 23.6. The molecule has 0 atom stereocenters. The van der Waals surface area contributed by atoms with E-state index >= 15 is 0 Å². The van der Waals surface area contributed by atoms with Crippen LogP contribution in [0.15, 0.2) is 82.6 Å². The molecule has 12 nitrogen and oxygen atoms in total. The number of H-pyrrole nitrogens is 1. The Morgan fingerprint density at radius 1 is 0.932 bits per heavy atom. The van der Waals surface area contributed by atoms with E-state index in [-0.39, 0.29) is 16.7 Å². The van der Waals surface area contributed by atoms with Crippen molar-refractivity contribution in [3.05, 3.63) is 116 Å². The molecule has 0 saturated carbocycles. The van der Waals surface area contributed by atoms with Crippen molar-refractivity contribution in [2.75, 3.05) is 31.1 Å². The van der Waals surface area contributed by atoms with E-state index in [1.807, 2.05) is 23.1 Å². The van der Waals surface area contributed by atoms with Crippen molar-refractivity contribution in [1.82, 2.24) is 39.4 Å². The molecule has 0 bridgehead atoms. The zero-order chi connectivity index (χ0) is 30.4. The Balaban J connectivity index is 1.10. The molecule has 1 N–H and O–H groups in total. The van der Waals surface area contributed by atoms with Crippen LogP contribution < -0.4 is 16.0 Å². The Morgan fingerprint density at radius 2 is 1.70 bits per heavy atom. The summed E-state index contributed by atoms with van der Waals surface area (Å²) in [5.74, 6) is -0.0397. The number of carbonyl (C=O) groups excluding carboxylic acids is 1. The molecule has 0 spiro atoms. The molecule has 5 heterocycles. The van der Waals surface area contributed by atoms with E-state index in [0.717, 1.165) is 0 Å². The second-order valence-electron chi connectivity index (χ2n) is 10.6. The number of aromatic nitrogens is 7. The maximum atomic E-state index is 14.9. The van der Waals surface area contributed by atoms with Gasteiger partial charge in [-0.05, 0) is 35.9 Å². The number of fused-ring (bicyclic) bond motifs is 2. The van der Waals surface area contributed by atoms with Crippen molar-refractivity contribution < 1.29 is 9.18 Å². The normalized spacial score (nSPS) is 13.6. The molecule has 13 heteroatoms. The number of nitrogens with zero attached hydrogens (tertiary/aromatic N) is 8. The summed E-state index contributed by atoms with van der Waals surface area (Å²) in [7, 11) is 1.65. The summed E-state index contributed by atoms with van der Waals surface area (Å²) in [4.78, 5) is 55.5. The lowest BCUT2D eigenvalue weighted by Gasteiger charge is -2.34. The topological polar surface area (TPSA) is 135 Å². The number of benzene rings is 2. The third-order valence-corrected chi connectivity index (χ3v) is 7.90. The molecule has 1 fully saturated rings. The number of halogens is 1. The van der Waals surface area contributed by atoms with Crippen LogP contribution in [0.25, 0.3) is 27.6 Å². The molecule has 0 aliphatic carbocycles. The molecule has 2 aromatic carbocycles. The van der Waals surface area contributed by atoms with E-state index < -0.39 is 11.7 Å². The molecule has 1 saturated heterocycles. The average Bonchev–Trinajstić information content (AvgIpc) is 3.32. The highest BCUT2D eigenvalue weighted by Crippen LogP contribution is 2.22. The van der Waals surface area contributed by atoms with Crippen molar-refractivity contribution in [2.24, 2.45) is 7.05 Å². The van der Waals surface area contributed by atoms with Crippen LogP contribution >= 0.6 is 0 Å². The summed E-state index contributed by atoms with van der Waals surface area (Å²) < 4.78 is 18.0. The number of carbonyl (C=O) groups is 1. The van der Waals surface area contributed by atoms with E-state index in [4.69, 9.17) is 4.98 Å². The quantitative estimate of drug-likeness (QED) is 0.323. The standard InChI is InChI=1S/C31H26FN9O3/c1-38-29(43)23-18-34-31(35-27(23)41(38)26-8-4-5-11-33-26)40-14-12-39(13-15-40)30(44)22-16-19(9-10-24(22)32)17-25-20-6-2-3-7-21(20)28(42)37-36-25/h2-11,16,18H,12-15,17H2,1H3,(H,37,42). The number of aromatic amines is 1. The summed E-state index contributed by atoms with van der Waals surface area (Å²) in [6.45, 7) is 1.51. The Hall–Kier alpha value is -5.72. The van der Waals surface area contributed by atoms with E-state index in [1.54, 1.807) is 59.2 Å². The number of amides is 1. The minimum atomic E-state index is -0.606. The number of hydrogen-bond acceptors (Lipinski definition) is 8. The molecule has 6 aromatic rings. The van der Waals surface area contributed by atoms with Gasteiger partial charge in [-0.3, -0.25) is 14.4 Å². The SMILES string of the molecule is Cn1c(=O)c2cnc(N3CCN(C(=O)c4cc(Cc5n[nH]c(=O)c6ccccc56)ccc4F)CC3)nc2n1-c1ccccn1. The van der Waals surface area contributed by atoms with Crippen molar-refractivity contribution in [1.29, 1.82) is 0 Å². The third kappa shape index (κ3) is 4.68. The van der Waals surface area contributed by atoms with Crippen molar-refractivity contribution >= 4 is 33.7 Å². The minimum Gasteiger partial charge on any atom is -0.337 e. The highest BCUT2D eigenvalue weighted by atomic mass is 19.1. The first-order valence-electron chi connectivity index (χ1n) is 14.0. The first kappa shape index (κ1) is 27.1. The van der Waals surface area contributed by atoms with E-state index in [1.165, 1.54) is 16.9 Å². The Morgan fingerprint density at radius 3 is 2.48 bits per heavy atom. The molecule has 0 radical (unpaired) electrons. The Kier molecular flexibility index (Phi) is 6.68. The molecular formula is C31H26FN9O3. The van der Waals surface area contributed by atoms with Gasteiger partial charge in [-0.25, -0.2) is 28.8 Å². The van der Waals surface area contributed by atoms with Gasteiger partial charge in [0.1, 0.15) is 11.2 Å². The van der Waals surface area contributed by atoms with Crippen LogP contribution in [-0.4, -0.2) is 71.5 Å². The van der Waals surface area contributed by atoms with Crippen LogP contribution in [0.3, 0.4) is 0 Å². The largest absolute Gasteiger partial charge is 0.337 e. The van der Waals surface area contributed by atoms with E-state index in [2.05, 4.69) is 20.2 Å². The summed E-state index contributed by atoms with van der Waals surface area (Å²) in [6.07, 6.45) is 3.47. The number of anilines is 1. The van der Waals surface area contributed by atoms with Gasteiger partial charge in [-0.15, -0.1) is 0 Å². The van der Waals surface area contributed by atoms with E-state index in [0.29, 0.717) is 77.4 Å². The van der Waals surface area contributed by atoms with Gasteiger partial charge < -0.3 is 9.80 Å². The molecular weight excluding hydrogens is 565 g/mol. The van der Waals surface area contributed by atoms with Crippen LogP contribution in [0.4, 0.5) is 10.3 Å². The van der Waals surface area contributed by atoms with Gasteiger partial charge in [0.05, 0.1) is 16.6 Å². The first-order valence-corrected chi connectivity index (χ1v) is 14.0. The lowest BCUT2D eigenvalue weighted by atomic mass is 10.0. The molecule has 7 rings (SSSR count). The second-order valence-corrected chi connectivity index (χ2v) is 10.6. The predicted octanol–water partition coefficient (Wildman–Crippen LogP) is 2.44. The Labute approximate surface area is 249 Å². The fraction of sp³-hybridized carbons (Fsp3) is 0.194. The smallest absolute Gasteiger partial charge is 0.277 e. The molecule has 1 amide bonds. The van der Waals surface area contributed by atoms with Crippen molar-refractivity contribution in [2.45, 2.75) is 6.42 Å². The fourth-order valence-electron chi connectivity index (χ4n) is 5.60. The maximum absolute atomic E-state index is 14.9. The number of piperazine rings is 1. The number of rotatable bonds is 5. The lowest BCUT2D eigenvalue weighted by Crippen LogP contribution is -2.49. The maximum Gasteiger partial charge on any atom is 0.277 e. The van der Waals surface area contributed by atoms with Gasteiger partial charge in [0, 0.05) is 57.4 Å². The van der Waals surface area contributed by atoms with Gasteiger partial charge in [0.25, 0.3) is 17.0 Å². The average molecular weight is 592 g/mol. The van der Waals surface area contributed by atoms with Crippen LogP contribution in [0, 0.1) is 5.82 Å². The van der Waals surface area contributed by atoms with E-state index in [9.17, 15) is 18.8 Å². The summed E-state index contributed by atoms with van der Waals surface area (Å²) in [5, 5.41) is 8.32. The highest BCUT2D eigenvalue weighted by molar-refractivity contribution is 5.95. The summed E-state index contributed by atoms with van der Waals surface area (Å²) >= 11 is 0. The summed E-state index contributed by atoms with van der Waals surface area (Å²) in [6, 6.07) is 17.0. The Bertz CT molecular complexity index is 2170. The highest BCUT2D eigenvalue weighted by Gasteiger charge is 2.27. The van der Waals surface area contributed by atoms with Gasteiger partial charge in [-0.2, -0.15) is 10.1 Å². The van der Waals surface area contributed by atoms with Crippen molar-refractivity contribution in [3.8, 4) is 5.82 Å². The molecule has 4 aromatic heterocycles. The number of pyridine rings is 1. The predicted molar refractivity (Wildman–Crippen MR) is 162 cm³/mol. The number of hydrogen-bond donors (Lipinski definition) is 1. The fourth-order valence-corrected chi connectivity index (χ4v) is 5.60.